The molecule has 1 atom stereocenters. The van der Waals surface area contributed by atoms with Crippen LogP contribution in [-0.4, -0.2) is 41.7 Å². The number of nitrogens with zero attached hydrogens (tertiary/aromatic N) is 1. The number of nitrogens with one attached hydrogen (secondary N) is 1. The molecule has 1 saturated heterocycles. The molecule has 110 valence electrons. The molecule has 20 heavy (non-hydrogen) atoms. The highest BCUT2D eigenvalue weighted by molar-refractivity contribution is 5.89. The van der Waals surface area contributed by atoms with E-state index in [0.717, 1.165) is 17.8 Å². The molecule has 2 N–H and O–H groups in total. The van der Waals surface area contributed by atoms with Crippen molar-refractivity contribution in [2.75, 3.05) is 25.0 Å². The largest absolute Gasteiger partial charge is 0.478 e. The Hall–Kier alpha value is -1.55. The Morgan fingerprint density at radius 2 is 2.05 bits per heavy atom. The topological polar surface area (TPSA) is 52.6 Å². The molecule has 4 heteroatoms. The van der Waals surface area contributed by atoms with Crippen molar-refractivity contribution >= 4 is 11.7 Å². The molecule has 0 saturated carbocycles. The number of likely N-dealkylation sites (tertiary alicyclic amines) is 1. The Labute approximate surface area is 120 Å². The molecule has 1 heterocycles. The number of carbonyl (C=O) groups is 1. The number of aromatic carboxylic acids is 1. The molecule has 4 nitrogen and oxygen atoms in total. The van der Waals surface area contributed by atoms with Crippen LogP contribution in [0.3, 0.4) is 0 Å². The van der Waals surface area contributed by atoms with Gasteiger partial charge in [0, 0.05) is 18.3 Å². The number of rotatable bonds is 5. The molecule has 0 amide bonds. The molecule has 1 aliphatic rings. The standard InChI is InChI=1S/C16H24N2O2/c1-12-10-14(6-7-15(12)16(19)20)17-13(2)11-18-8-4-3-5-9-18/h6-7,10,13,17H,3-5,8-9,11H2,1-2H3,(H,19,20). The highest BCUT2D eigenvalue weighted by Crippen LogP contribution is 2.17. The molecule has 1 aromatic carbocycles. The molecule has 0 radical (unpaired) electrons. The zero-order valence-electron chi connectivity index (χ0n) is 12.4. The normalized spacial score (nSPS) is 17.7. The summed E-state index contributed by atoms with van der Waals surface area (Å²) < 4.78 is 0. The zero-order valence-corrected chi connectivity index (χ0v) is 12.4. The maximum atomic E-state index is 11.0. The third-order valence-corrected chi connectivity index (χ3v) is 3.85. The van der Waals surface area contributed by atoms with Crippen LogP contribution in [0.25, 0.3) is 0 Å². The first-order chi connectivity index (χ1) is 9.56. The number of aryl methyl sites for hydroxylation is 1. The second-order valence-corrected chi connectivity index (χ2v) is 5.74. The highest BCUT2D eigenvalue weighted by atomic mass is 16.4. The first-order valence-electron chi connectivity index (χ1n) is 7.39. The SMILES string of the molecule is Cc1cc(NC(C)CN2CCCCC2)ccc1C(=O)O. The molecule has 0 aromatic heterocycles. The molecule has 0 bridgehead atoms. The van der Waals surface area contributed by atoms with Crippen LogP contribution in [0.15, 0.2) is 18.2 Å². The lowest BCUT2D eigenvalue weighted by Gasteiger charge is -2.29. The van der Waals surface area contributed by atoms with E-state index in [4.69, 9.17) is 5.11 Å². The van der Waals surface area contributed by atoms with Gasteiger partial charge >= 0.3 is 5.97 Å². The van der Waals surface area contributed by atoms with Crippen molar-refractivity contribution in [3.63, 3.8) is 0 Å². The zero-order chi connectivity index (χ0) is 14.5. The summed E-state index contributed by atoms with van der Waals surface area (Å²) in [6, 6.07) is 5.80. The molecule has 2 rings (SSSR count). The van der Waals surface area contributed by atoms with Crippen molar-refractivity contribution < 1.29 is 9.90 Å². The van der Waals surface area contributed by atoms with Crippen LogP contribution in [0.1, 0.15) is 42.1 Å². The van der Waals surface area contributed by atoms with Gasteiger partial charge in [0.25, 0.3) is 0 Å². The van der Waals surface area contributed by atoms with Crippen molar-refractivity contribution in [3.8, 4) is 0 Å². The first kappa shape index (κ1) is 14.9. The third-order valence-electron chi connectivity index (χ3n) is 3.85. The van der Waals surface area contributed by atoms with E-state index in [1.54, 1.807) is 6.07 Å². The van der Waals surface area contributed by atoms with Gasteiger partial charge in [0.2, 0.25) is 0 Å². The highest BCUT2D eigenvalue weighted by Gasteiger charge is 2.14. The summed E-state index contributed by atoms with van der Waals surface area (Å²) in [5.74, 6) is -0.865. The fourth-order valence-corrected chi connectivity index (χ4v) is 2.85. The summed E-state index contributed by atoms with van der Waals surface area (Å²) in [4.78, 5) is 13.5. The van der Waals surface area contributed by atoms with E-state index in [0.29, 0.717) is 11.6 Å². The molecule has 0 aliphatic carbocycles. The van der Waals surface area contributed by atoms with E-state index in [-0.39, 0.29) is 0 Å². The minimum absolute atomic E-state index is 0.364. The van der Waals surface area contributed by atoms with Crippen LogP contribution >= 0.6 is 0 Å². The summed E-state index contributed by atoms with van der Waals surface area (Å²) in [5, 5.41) is 12.5. The molecule has 1 unspecified atom stereocenters. The molecule has 1 aromatic rings. The molecule has 1 fully saturated rings. The Kier molecular flexibility index (Phi) is 5.01. The van der Waals surface area contributed by atoms with Gasteiger partial charge in [-0.15, -0.1) is 0 Å². The number of piperidine rings is 1. The Balaban J connectivity index is 1.92. The van der Waals surface area contributed by atoms with Gasteiger partial charge in [-0.2, -0.15) is 0 Å². The van der Waals surface area contributed by atoms with Crippen molar-refractivity contribution in [2.24, 2.45) is 0 Å². The van der Waals surface area contributed by atoms with Crippen LogP contribution < -0.4 is 5.32 Å². The smallest absolute Gasteiger partial charge is 0.335 e. The van der Waals surface area contributed by atoms with Gasteiger partial charge in [0.15, 0.2) is 0 Å². The second-order valence-electron chi connectivity index (χ2n) is 5.74. The maximum Gasteiger partial charge on any atom is 0.335 e. The summed E-state index contributed by atoms with van der Waals surface area (Å²) >= 11 is 0. The quantitative estimate of drug-likeness (QED) is 0.868. The van der Waals surface area contributed by atoms with E-state index in [1.807, 2.05) is 19.1 Å². The third kappa shape index (κ3) is 3.97. The van der Waals surface area contributed by atoms with E-state index in [2.05, 4.69) is 17.1 Å². The Morgan fingerprint density at radius 3 is 2.65 bits per heavy atom. The van der Waals surface area contributed by atoms with Crippen LogP contribution in [-0.2, 0) is 0 Å². The van der Waals surface area contributed by atoms with Gasteiger partial charge in [-0.25, -0.2) is 4.79 Å². The fourth-order valence-electron chi connectivity index (χ4n) is 2.85. The lowest BCUT2D eigenvalue weighted by molar-refractivity contribution is 0.0696. The van der Waals surface area contributed by atoms with E-state index in [1.165, 1.54) is 32.4 Å². The number of carboxylic acids is 1. The van der Waals surface area contributed by atoms with Crippen LogP contribution in [0.4, 0.5) is 5.69 Å². The average molecular weight is 276 g/mol. The number of benzene rings is 1. The molecule has 1 aliphatic heterocycles. The first-order valence-corrected chi connectivity index (χ1v) is 7.39. The molecule has 0 spiro atoms. The second kappa shape index (κ2) is 6.75. The van der Waals surface area contributed by atoms with E-state index >= 15 is 0 Å². The number of hydrogen-bond acceptors (Lipinski definition) is 3. The predicted molar refractivity (Wildman–Crippen MR) is 81.5 cm³/mol. The van der Waals surface area contributed by atoms with Gasteiger partial charge in [-0.3, -0.25) is 0 Å². The van der Waals surface area contributed by atoms with Gasteiger partial charge in [-0.05, 0) is 63.5 Å². The van der Waals surface area contributed by atoms with Crippen molar-refractivity contribution in [2.45, 2.75) is 39.2 Å². The van der Waals surface area contributed by atoms with E-state index < -0.39 is 5.97 Å². The van der Waals surface area contributed by atoms with Crippen LogP contribution in [0, 0.1) is 6.92 Å². The van der Waals surface area contributed by atoms with Crippen LogP contribution in [0.5, 0.6) is 0 Å². The predicted octanol–water partition coefficient (Wildman–Crippen LogP) is 2.98. The number of carboxylic acid groups (broad SMARTS) is 1. The summed E-state index contributed by atoms with van der Waals surface area (Å²) in [6.07, 6.45) is 3.96. The number of anilines is 1. The van der Waals surface area contributed by atoms with Gasteiger partial charge in [-0.1, -0.05) is 6.42 Å². The monoisotopic (exact) mass is 276 g/mol. The van der Waals surface area contributed by atoms with Crippen molar-refractivity contribution in [1.82, 2.24) is 4.90 Å². The van der Waals surface area contributed by atoms with Crippen molar-refractivity contribution in [3.05, 3.63) is 29.3 Å². The van der Waals surface area contributed by atoms with E-state index in [9.17, 15) is 4.79 Å². The lowest BCUT2D eigenvalue weighted by atomic mass is 10.1. The minimum Gasteiger partial charge on any atom is -0.478 e. The summed E-state index contributed by atoms with van der Waals surface area (Å²) in [7, 11) is 0. The average Bonchev–Trinajstić information content (AvgIpc) is 2.39. The van der Waals surface area contributed by atoms with Gasteiger partial charge in [0.1, 0.15) is 0 Å². The maximum absolute atomic E-state index is 11.0. The fraction of sp³-hybridized carbons (Fsp3) is 0.562. The van der Waals surface area contributed by atoms with Gasteiger partial charge in [0.05, 0.1) is 5.56 Å². The number of hydrogen-bond donors (Lipinski definition) is 2. The van der Waals surface area contributed by atoms with Crippen LogP contribution in [0.2, 0.25) is 0 Å². The van der Waals surface area contributed by atoms with Gasteiger partial charge < -0.3 is 15.3 Å². The summed E-state index contributed by atoms with van der Waals surface area (Å²) in [5.41, 5.74) is 2.17. The van der Waals surface area contributed by atoms with Crippen molar-refractivity contribution in [1.29, 1.82) is 0 Å². The lowest BCUT2D eigenvalue weighted by Crippen LogP contribution is -2.38. The Bertz CT molecular complexity index is 468. The minimum atomic E-state index is -0.865. The Morgan fingerprint density at radius 1 is 1.35 bits per heavy atom. The molecular weight excluding hydrogens is 252 g/mol. The molecular formula is C16H24N2O2. The summed E-state index contributed by atoms with van der Waals surface area (Å²) in [6.45, 7) is 7.45.